The highest BCUT2D eigenvalue weighted by Crippen LogP contribution is 2.30. The summed E-state index contributed by atoms with van der Waals surface area (Å²) in [7, 11) is 0. The van der Waals surface area contributed by atoms with Gasteiger partial charge in [0.25, 0.3) is 0 Å². The highest BCUT2D eigenvalue weighted by atomic mass is 79.9. The lowest BCUT2D eigenvalue weighted by Crippen LogP contribution is -2.22. The third kappa shape index (κ3) is 3.89. The van der Waals surface area contributed by atoms with Gasteiger partial charge in [-0.3, -0.25) is 0 Å². The number of nitriles is 1. The fraction of sp³-hybridized carbons (Fsp3) is 0.174. The number of nitrogens with zero attached hydrogens (tertiary/aromatic N) is 1. The van der Waals surface area contributed by atoms with Gasteiger partial charge in [0.15, 0.2) is 0 Å². The van der Waals surface area contributed by atoms with E-state index < -0.39 is 6.10 Å². The molecule has 0 saturated carbocycles. The van der Waals surface area contributed by atoms with Crippen molar-refractivity contribution in [3.05, 3.63) is 93.5 Å². The number of hydrogen-bond donors (Lipinski definition) is 1. The molecular weight excluding hydrogens is 418 g/mol. The fourth-order valence-corrected chi connectivity index (χ4v) is 3.70. The van der Waals surface area contributed by atoms with Crippen LogP contribution in [0.4, 0.5) is 0 Å². The second kappa shape index (κ2) is 8.05. The zero-order valence-electron chi connectivity index (χ0n) is 15.0. The maximum absolute atomic E-state index is 10.7. The number of hydrogen-bond acceptors (Lipinski definition) is 4. The van der Waals surface area contributed by atoms with E-state index in [-0.39, 0.29) is 6.10 Å². The average molecular weight is 436 g/mol. The number of ether oxygens (including phenoxy) is 2. The highest BCUT2D eigenvalue weighted by Gasteiger charge is 2.23. The van der Waals surface area contributed by atoms with Crippen LogP contribution in [-0.2, 0) is 6.42 Å². The Kier molecular flexibility index (Phi) is 5.34. The van der Waals surface area contributed by atoms with Crippen LogP contribution >= 0.6 is 15.9 Å². The number of halogens is 1. The van der Waals surface area contributed by atoms with Crippen molar-refractivity contribution in [2.24, 2.45) is 0 Å². The smallest absolute Gasteiger partial charge is 0.137 e. The van der Waals surface area contributed by atoms with Gasteiger partial charge in [0.2, 0.25) is 0 Å². The Morgan fingerprint density at radius 2 is 1.93 bits per heavy atom. The van der Waals surface area contributed by atoms with E-state index in [1.807, 2.05) is 42.5 Å². The molecule has 140 valence electrons. The Morgan fingerprint density at radius 1 is 1.14 bits per heavy atom. The summed E-state index contributed by atoms with van der Waals surface area (Å²) in [6, 6.07) is 22.7. The van der Waals surface area contributed by atoms with Crippen molar-refractivity contribution in [2.75, 3.05) is 6.61 Å². The van der Waals surface area contributed by atoms with Crippen LogP contribution in [0.25, 0.3) is 0 Å². The molecule has 1 N–H and O–H groups in total. The number of para-hydroxylation sites is 1. The number of fused-ring (bicyclic) bond motifs is 1. The summed E-state index contributed by atoms with van der Waals surface area (Å²) in [5.74, 6) is 1.64. The van der Waals surface area contributed by atoms with Gasteiger partial charge in [-0.2, -0.15) is 5.26 Å². The highest BCUT2D eigenvalue weighted by molar-refractivity contribution is 9.10. The van der Waals surface area contributed by atoms with Gasteiger partial charge in [0.05, 0.1) is 11.6 Å². The van der Waals surface area contributed by atoms with Gasteiger partial charge in [0, 0.05) is 16.5 Å². The van der Waals surface area contributed by atoms with E-state index >= 15 is 0 Å². The van der Waals surface area contributed by atoms with Gasteiger partial charge in [-0.25, -0.2) is 0 Å². The van der Waals surface area contributed by atoms with Crippen LogP contribution in [-0.4, -0.2) is 17.8 Å². The standard InChI is InChI=1S/C23H18BrNO3/c24-18-8-5-17(13-25)21(12-18)23(26)15-6-9-19(10-7-15)27-14-20-11-16-3-1-2-4-22(16)28-20/h1-10,12,20,23,26H,11,14H2. The lowest BCUT2D eigenvalue weighted by atomic mass is 9.97. The molecule has 0 aromatic heterocycles. The van der Waals surface area contributed by atoms with Crippen LogP contribution < -0.4 is 9.47 Å². The zero-order valence-corrected chi connectivity index (χ0v) is 16.6. The van der Waals surface area contributed by atoms with Crippen LogP contribution in [0.15, 0.2) is 71.2 Å². The summed E-state index contributed by atoms with van der Waals surface area (Å²) in [5.41, 5.74) is 2.93. The molecule has 0 bridgehead atoms. The molecule has 28 heavy (non-hydrogen) atoms. The first kappa shape index (κ1) is 18.5. The maximum atomic E-state index is 10.7. The van der Waals surface area contributed by atoms with E-state index in [2.05, 4.69) is 28.1 Å². The van der Waals surface area contributed by atoms with Crippen LogP contribution in [0.5, 0.6) is 11.5 Å². The fourth-order valence-electron chi connectivity index (χ4n) is 3.32. The minimum absolute atomic E-state index is 0.00234. The SMILES string of the molecule is N#Cc1ccc(Br)cc1C(O)c1ccc(OCC2Cc3ccccc3O2)cc1. The molecule has 3 aromatic rings. The predicted octanol–water partition coefficient (Wildman–Crippen LogP) is 4.78. The molecule has 2 atom stereocenters. The molecule has 3 aromatic carbocycles. The second-order valence-corrected chi connectivity index (χ2v) is 7.59. The second-order valence-electron chi connectivity index (χ2n) is 6.68. The van der Waals surface area contributed by atoms with Gasteiger partial charge in [0.1, 0.15) is 30.3 Å². The van der Waals surface area contributed by atoms with Gasteiger partial charge < -0.3 is 14.6 Å². The quantitative estimate of drug-likeness (QED) is 0.625. The Balaban J connectivity index is 1.41. The normalized spacial score (nSPS) is 16.0. The monoisotopic (exact) mass is 435 g/mol. The minimum atomic E-state index is -0.881. The van der Waals surface area contributed by atoms with Crippen molar-refractivity contribution in [1.29, 1.82) is 5.26 Å². The van der Waals surface area contributed by atoms with Crippen molar-refractivity contribution in [1.82, 2.24) is 0 Å². The molecule has 0 aliphatic carbocycles. The first-order valence-electron chi connectivity index (χ1n) is 8.99. The van der Waals surface area contributed by atoms with Crippen molar-refractivity contribution in [3.8, 4) is 17.6 Å². The lowest BCUT2D eigenvalue weighted by molar-refractivity contribution is 0.148. The summed E-state index contributed by atoms with van der Waals surface area (Å²) < 4.78 is 12.6. The topological polar surface area (TPSA) is 62.5 Å². The van der Waals surface area contributed by atoms with Gasteiger partial charge in [-0.05, 0) is 47.5 Å². The number of aliphatic hydroxyl groups excluding tert-OH is 1. The molecule has 0 radical (unpaired) electrons. The molecule has 5 heteroatoms. The Morgan fingerprint density at radius 3 is 2.68 bits per heavy atom. The van der Waals surface area contributed by atoms with E-state index in [9.17, 15) is 10.4 Å². The molecule has 1 aliphatic heterocycles. The Hall–Kier alpha value is -2.81. The molecule has 4 rings (SSSR count). The summed E-state index contributed by atoms with van der Waals surface area (Å²) >= 11 is 3.39. The molecule has 4 nitrogen and oxygen atoms in total. The largest absolute Gasteiger partial charge is 0.490 e. The first-order chi connectivity index (χ1) is 13.6. The summed E-state index contributed by atoms with van der Waals surface area (Å²) in [5, 5.41) is 20.0. The van der Waals surface area contributed by atoms with Gasteiger partial charge >= 0.3 is 0 Å². The predicted molar refractivity (Wildman–Crippen MR) is 109 cm³/mol. The van der Waals surface area contributed by atoms with Gasteiger partial charge in [-0.15, -0.1) is 0 Å². The Bertz CT molecular complexity index is 1000. The summed E-state index contributed by atoms with van der Waals surface area (Å²) in [4.78, 5) is 0. The van der Waals surface area contributed by atoms with E-state index in [0.717, 1.165) is 16.6 Å². The van der Waals surface area contributed by atoms with Gasteiger partial charge in [-0.1, -0.05) is 46.3 Å². The number of rotatable bonds is 5. The molecule has 1 heterocycles. The van der Waals surface area contributed by atoms with Crippen molar-refractivity contribution < 1.29 is 14.6 Å². The van der Waals surface area contributed by atoms with E-state index in [1.165, 1.54) is 5.56 Å². The average Bonchev–Trinajstić information content (AvgIpc) is 3.15. The molecular formula is C23H18BrNO3. The van der Waals surface area contributed by atoms with E-state index in [1.54, 1.807) is 18.2 Å². The number of aliphatic hydroxyl groups is 1. The molecule has 0 amide bonds. The maximum Gasteiger partial charge on any atom is 0.137 e. The van der Waals surface area contributed by atoms with Crippen molar-refractivity contribution in [2.45, 2.75) is 18.6 Å². The third-order valence-corrected chi connectivity index (χ3v) is 5.27. The van der Waals surface area contributed by atoms with Crippen LogP contribution in [0.3, 0.4) is 0 Å². The van der Waals surface area contributed by atoms with Crippen LogP contribution in [0, 0.1) is 11.3 Å². The molecule has 0 spiro atoms. The minimum Gasteiger partial charge on any atom is -0.490 e. The van der Waals surface area contributed by atoms with E-state index in [4.69, 9.17) is 9.47 Å². The summed E-state index contributed by atoms with van der Waals surface area (Å²) in [6.45, 7) is 0.459. The van der Waals surface area contributed by atoms with Crippen molar-refractivity contribution >= 4 is 15.9 Å². The summed E-state index contributed by atoms with van der Waals surface area (Å²) in [6.07, 6.45) is -0.0383. The molecule has 2 unspecified atom stereocenters. The van der Waals surface area contributed by atoms with Crippen LogP contribution in [0.1, 0.15) is 28.4 Å². The molecule has 1 aliphatic rings. The van der Waals surface area contributed by atoms with Crippen LogP contribution in [0.2, 0.25) is 0 Å². The molecule has 0 fully saturated rings. The Labute approximate surface area is 172 Å². The zero-order chi connectivity index (χ0) is 19.5. The molecule has 0 saturated heterocycles. The third-order valence-electron chi connectivity index (χ3n) is 4.77. The van der Waals surface area contributed by atoms with Crippen molar-refractivity contribution in [3.63, 3.8) is 0 Å². The number of benzene rings is 3. The lowest BCUT2D eigenvalue weighted by Gasteiger charge is -2.15. The van der Waals surface area contributed by atoms with E-state index in [0.29, 0.717) is 29.0 Å². The first-order valence-corrected chi connectivity index (χ1v) is 9.78.